The van der Waals surface area contributed by atoms with Crippen LogP contribution in [0.1, 0.15) is 13.8 Å². The Balaban J connectivity index is 2.67. The number of aliphatic hydroxyl groups excluding tert-OH is 1. The summed E-state index contributed by atoms with van der Waals surface area (Å²) in [6, 6.07) is 0. The first-order valence-electron chi connectivity index (χ1n) is 3.68. The highest BCUT2D eigenvalue weighted by Gasteiger charge is 2.25. The van der Waals surface area contributed by atoms with Crippen molar-refractivity contribution in [2.45, 2.75) is 20.0 Å². The highest BCUT2D eigenvalue weighted by atomic mass is 16.5. The zero-order valence-corrected chi connectivity index (χ0v) is 6.70. The first-order chi connectivity index (χ1) is 5.13. The van der Waals surface area contributed by atoms with Gasteiger partial charge in [-0.15, -0.1) is 0 Å². The van der Waals surface area contributed by atoms with Gasteiger partial charge in [0, 0.05) is 0 Å². The molecular weight excluding hydrogens is 144 g/mol. The van der Waals surface area contributed by atoms with E-state index < -0.39 is 6.10 Å². The van der Waals surface area contributed by atoms with E-state index in [9.17, 15) is 9.90 Å². The van der Waals surface area contributed by atoms with Crippen molar-refractivity contribution in [1.29, 1.82) is 0 Å². The van der Waals surface area contributed by atoms with Gasteiger partial charge in [0.15, 0.2) is 0 Å². The van der Waals surface area contributed by atoms with Crippen molar-refractivity contribution < 1.29 is 14.6 Å². The predicted molar refractivity (Wildman–Crippen MR) is 39.9 cm³/mol. The second-order valence-corrected chi connectivity index (χ2v) is 2.95. The lowest BCUT2D eigenvalue weighted by atomic mass is 10.00. The van der Waals surface area contributed by atoms with Gasteiger partial charge in [0.05, 0.1) is 11.7 Å². The Morgan fingerprint density at radius 2 is 2.27 bits per heavy atom. The number of hydrogen-bond donors (Lipinski definition) is 1. The van der Waals surface area contributed by atoms with Crippen molar-refractivity contribution in [2.24, 2.45) is 5.92 Å². The first-order valence-corrected chi connectivity index (χ1v) is 3.68. The van der Waals surface area contributed by atoms with Crippen LogP contribution in [0.3, 0.4) is 0 Å². The molecule has 0 aromatic rings. The van der Waals surface area contributed by atoms with Gasteiger partial charge in [-0.25, -0.2) is 4.79 Å². The van der Waals surface area contributed by atoms with Crippen LogP contribution in [0.5, 0.6) is 0 Å². The Morgan fingerprint density at radius 3 is 2.64 bits per heavy atom. The molecule has 62 valence electrons. The molecule has 1 unspecified atom stereocenters. The van der Waals surface area contributed by atoms with E-state index in [1.807, 2.05) is 13.8 Å². The molecule has 0 saturated carbocycles. The molecule has 11 heavy (non-hydrogen) atoms. The third-order valence-electron chi connectivity index (χ3n) is 1.70. The third kappa shape index (κ3) is 1.60. The van der Waals surface area contributed by atoms with E-state index in [1.165, 1.54) is 0 Å². The summed E-state index contributed by atoms with van der Waals surface area (Å²) in [4.78, 5) is 10.9. The monoisotopic (exact) mass is 156 g/mol. The second-order valence-electron chi connectivity index (χ2n) is 2.95. The van der Waals surface area contributed by atoms with Crippen molar-refractivity contribution in [2.75, 3.05) is 6.61 Å². The van der Waals surface area contributed by atoms with E-state index in [0.29, 0.717) is 12.2 Å². The highest BCUT2D eigenvalue weighted by molar-refractivity contribution is 5.91. The summed E-state index contributed by atoms with van der Waals surface area (Å²) in [5.74, 6) is -0.321. The molecule has 0 fully saturated rings. The summed E-state index contributed by atoms with van der Waals surface area (Å²) in [6.45, 7) is 4.02. The Labute approximate surface area is 65.7 Å². The van der Waals surface area contributed by atoms with Gasteiger partial charge in [0.25, 0.3) is 0 Å². The van der Waals surface area contributed by atoms with E-state index in [1.54, 1.807) is 6.08 Å². The van der Waals surface area contributed by atoms with Crippen LogP contribution in [0.25, 0.3) is 0 Å². The molecule has 1 heterocycles. The first kappa shape index (κ1) is 8.27. The van der Waals surface area contributed by atoms with E-state index in [2.05, 4.69) is 4.74 Å². The minimum absolute atomic E-state index is 0.0619. The van der Waals surface area contributed by atoms with Gasteiger partial charge in [-0.3, -0.25) is 0 Å². The predicted octanol–water partition coefficient (Wildman–Crippen LogP) is 0.486. The fraction of sp³-hybridized carbons (Fsp3) is 0.625. The van der Waals surface area contributed by atoms with Crippen molar-refractivity contribution in [3.05, 3.63) is 11.6 Å². The minimum atomic E-state index is -0.676. The fourth-order valence-corrected chi connectivity index (χ4v) is 0.974. The molecule has 0 radical (unpaired) electrons. The van der Waals surface area contributed by atoms with Gasteiger partial charge >= 0.3 is 5.97 Å². The second kappa shape index (κ2) is 3.05. The van der Waals surface area contributed by atoms with Crippen molar-refractivity contribution in [1.82, 2.24) is 0 Å². The SMILES string of the molecule is CC(C)C(O)C1=CCOC1=O. The van der Waals surface area contributed by atoms with Crippen molar-refractivity contribution in [3.8, 4) is 0 Å². The summed E-state index contributed by atoms with van der Waals surface area (Å²) in [6.07, 6.45) is 0.956. The van der Waals surface area contributed by atoms with E-state index in [-0.39, 0.29) is 11.9 Å². The molecular formula is C8H12O3. The van der Waals surface area contributed by atoms with Crippen LogP contribution in [-0.4, -0.2) is 23.8 Å². The molecule has 1 N–H and O–H groups in total. The number of ether oxygens (including phenoxy) is 1. The maximum absolute atomic E-state index is 10.9. The lowest BCUT2D eigenvalue weighted by Gasteiger charge is -2.12. The van der Waals surface area contributed by atoms with Crippen LogP contribution in [0.15, 0.2) is 11.6 Å². The molecule has 1 aliphatic heterocycles. The molecule has 0 spiro atoms. The summed E-state index contributed by atoms with van der Waals surface area (Å²) in [5.41, 5.74) is 0.403. The van der Waals surface area contributed by atoms with Gasteiger partial charge in [-0.1, -0.05) is 13.8 Å². The lowest BCUT2D eigenvalue weighted by Crippen LogP contribution is -2.21. The Bertz CT molecular complexity index is 194. The number of cyclic esters (lactones) is 1. The van der Waals surface area contributed by atoms with E-state index in [0.717, 1.165) is 0 Å². The minimum Gasteiger partial charge on any atom is -0.458 e. The lowest BCUT2D eigenvalue weighted by molar-refractivity contribution is -0.137. The van der Waals surface area contributed by atoms with Gasteiger partial charge in [0.2, 0.25) is 0 Å². The largest absolute Gasteiger partial charge is 0.458 e. The molecule has 0 aromatic carbocycles. The smallest absolute Gasteiger partial charge is 0.336 e. The molecule has 1 aliphatic rings. The summed E-state index contributed by atoms with van der Waals surface area (Å²) in [5, 5.41) is 9.43. The number of carbonyl (C=O) groups is 1. The van der Waals surface area contributed by atoms with Crippen molar-refractivity contribution in [3.63, 3.8) is 0 Å². The molecule has 1 atom stereocenters. The molecule has 3 nitrogen and oxygen atoms in total. The number of hydrogen-bond acceptors (Lipinski definition) is 3. The number of aliphatic hydroxyl groups is 1. The average molecular weight is 156 g/mol. The van der Waals surface area contributed by atoms with Crippen LogP contribution in [0.4, 0.5) is 0 Å². The molecule has 0 amide bonds. The molecule has 0 bridgehead atoms. The average Bonchev–Trinajstić information content (AvgIpc) is 2.33. The Kier molecular flexibility index (Phi) is 2.29. The molecule has 0 saturated heterocycles. The molecule has 0 aliphatic carbocycles. The quantitative estimate of drug-likeness (QED) is 0.592. The summed E-state index contributed by atoms with van der Waals surface area (Å²) in [7, 11) is 0. The van der Waals surface area contributed by atoms with Crippen LogP contribution in [-0.2, 0) is 9.53 Å². The fourth-order valence-electron chi connectivity index (χ4n) is 0.974. The number of carbonyl (C=O) groups excluding carboxylic acids is 1. The van der Waals surface area contributed by atoms with Gasteiger partial charge in [-0.05, 0) is 12.0 Å². The number of rotatable bonds is 2. The summed E-state index contributed by atoms with van der Waals surface area (Å²) >= 11 is 0. The van der Waals surface area contributed by atoms with Crippen LogP contribution >= 0.6 is 0 Å². The molecule has 1 rings (SSSR count). The topological polar surface area (TPSA) is 46.5 Å². The zero-order valence-electron chi connectivity index (χ0n) is 6.70. The van der Waals surface area contributed by atoms with Crippen LogP contribution in [0, 0.1) is 5.92 Å². The van der Waals surface area contributed by atoms with E-state index in [4.69, 9.17) is 0 Å². The van der Waals surface area contributed by atoms with Crippen molar-refractivity contribution >= 4 is 5.97 Å². The Morgan fingerprint density at radius 1 is 1.64 bits per heavy atom. The maximum atomic E-state index is 10.9. The standard InChI is InChI=1S/C8H12O3/c1-5(2)7(9)6-3-4-11-8(6)10/h3,5,7,9H,4H2,1-2H3. The Hall–Kier alpha value is -0.830. The normalized spacial score (nSPS) is 20.0. The van der Waals surface area contributed by atoms with Crippen LogP contribution < -0.4 is 0 Å². The molecule has 0 aromatic heterocycles. The number of esters is 1. The van der Waals surface area contributed by atoms with Gasteiger partial charge < -0.3 is 9.84 Å². The summed E-state index contributed by atoms with van der Waals surface area (Å²) < 4.78 is 4.65. The van der Waals surface area contributed by atoms with Gasteiger partial charge in [0.1, 0.15) is 6.61 Å². The van der Waals surface area contributed by atoms with E-state index >= 15 is 0 Å². The van der Waals surface area contributed by atoms with Gasteiger partial charge in [-0.2, -0.15) is 0 Å². The van der Waals surface area contributed by atoms with Crippen LogP contribution in [0.2, 0.25) is 0 Å². The molecule has 3 heteroatoms. The maximum Gasteiger partial charge on any atom is 0.336 e. The zero-order chi connectivity index (χ0) is 8.43. The third-order valence-corrected chi connectivity index (χ3v) is 1.70. The highest BCUT2D eigenvalue weighted by Crippen LogP contribution is 2.17.